The number of rotatable bonds is 6. The van der Waals surface area contributed by atoms with E-state index in [1.165, 1.54) is 24.3 Å². The molecular weight excluding hydrogens is 384 g/mol. The zero-order valence-electron chi connectivity index (χ0n) is 16.1. The summed E-state index contributed by atoms with van der Waals surface area (Å²) in [6, 6.07) is 18.9. The van der Waals surface area contributed by atoms with Crippen molar-refractivity contribution in [2.24, 2.45) is 0 Å². The second kappa shape index (κ2) is 8.04. The number of hydrogen-bond acceptors (Lipinski definition) is 5. The number of nitrogens with zero attached hydrogens (tertiary/aromatic N) is 2. The molecule has 1 heterocycles. The molecule has 4 aromatic rings. The number of carbonyl (C=O) groups excluding carboxylic acids is 1. The number of H-pyrrole nitrogens is 1. The molecule has 150 valence electrons. The number of para-hydroxylation sites is 2. The molecule has 0 aliphatic rings. The van der Waals surface area contributed by atoms with Gasteiger partial charge in [0.2, 0.25) is 0 Å². The molecule has 1 amide bonds. The first-order valence-corrected chi connectivity index (χ1v) is 9.23. The highest BCUT2D eigenvalue weighted by atomic mass is 16.6. The lowest BCUT2D eigenvalue weighted by molar-refractivity contribution is -0.384. The monoisotopic (exact) mass is 402 g/mol. The number of aromatic nitrogens is 2. The number of anilines is 1. The van der Waals surface area contributed by atoms with Gasteiger partial charge >= 0.3 is 0 Å². The molecular formula is C22H18N4O4. The smallest absolute Gasteiger partial charge is 0.269 e. The van der Waals surface area contributed by atoms with E-state index in [0.29, 0.717) is 11.4 Å². The Morgan fingerprint density at radius 3 is 2.60 bits per heavy atom. The van der Waals surface area contributed by atoms with Gasteiger partial charge in [0.1, 0.15) is 11.6 Å². The van der Waals surface area contributed by atoms with Crippen LogP contribution in [0.1, 0.15) is 5.56 Å². The zero-order chi connectivity index (χ0) is 21.1. The first-order valence-electron chi connectivity index (χ1n) is 9.23. The number of nitro benzene ring substituents is 1. The van der Waals surface area contributed by atoms with E-state index in [2.05, 4.69) is 15.3 Å². The van der Waals surface area contributed by atoms with Gasteiger partial charge in [-0.25, -0.2) is 4.98 Å². The van der Waals surface area contributed by atoms with E-state index in [1.54, 1.807) is 0 Å². The number of nitrogens with one attached hydrogen (secondary N) is 2. The van der Waals surface area contributed by atoms with Crippen LogP contribution in [0, 0.1) is 17.0 Å². The van der Waals surface area contributed by atoms with Crippen molar-refractivity contribution in [2.75, 3.05) is 11.9 Å². The van der Waals surface area contributed by atoms with Crippen molar-refractivity contribution in [3.63, 3.8) is 0 Å². The normalized spacial score (nSPS) is 10.7. The van der Waals surface area contributed by atoms with Crippen LogP contribution in [0.2, 0.25) is 0 Å². The van der Waals surface area contributed by atoms with Gasteiger partial charge in [0, 0.05) is 23.4 Å². The predicted molar refractivity (Wildman–Crippen MR) is 113 cm³/mol. The standard InChI is InChI=1S/C22H18N4O4/c1-14-17(22-24-19-6-2-3-7-20(19)25-22)5-4-8-18(14)23-21(27)13-30-16-11-9-15(10-12-16)26(28)29/h2-12H,13H2,1H3,(H,23,27)(H,24,25). The molecule has 0 saturated heterocycles. The molecule has 0 spiro atoms. The molecule has 3 aromatic carbocycles. The van der Waals surface area contributed by atoms with Gasteiger partial charge in [0.05, 0.1) is 16.0 Å². The Labute approximate surface area is 171 Å². The van der Waals surface area contributed by atoms with Crippen molar-refractivity contribution in [3.8, 4) is 17.1 Å². The Morgan fingerprint density at radius 1 is 1.10 bits per heavy atom. The molecule has 0 fully saturated rings. The lowest BCUT2D eigenvalue weighted by atomic mass is 10.1. The van der Waals surface area contributed by atoms with Crippen LogP contribution in [0.15, 0.2) is 66.7 Å². The third kappa shape index (κ3) is 3.97. The van der Waals surface area contributed by atoms with Crippen LogP contribution in [-0.4, -0.2) is 27.4 Å². The highest BCUT2D eigenvalue weighted by Crippen LogP contribution is 2.28. The van der Waals surface area contributed by atoms with Crippen molar-refractivity contribution >= 4 is 28.3 Å². The molecule has 0 aliphatic carbocycles. The minimum absolute atomic E-state index is 0.0372. The average molecular weight is 402 g/mol. The zero-order valence-corrected chi connectivity index (χ0v) is 16.1. The number of carbonyl (C=O) groups is 1. The van der Waals surface area contributed by atoms with E-state index in [1.807, 2.05) is 49.4 Å². The van der Waals surface area contributed by atoms with E-state index in [-0.39, 0.29) is 18.2 Å². The second-order valence-electron chi connectivity index (χ2n) is 6.67. The summed E-state index contributed by atoms with van der Waals surface area (Å²) in [5, 5.41) is 13.5. The summed E-state index contributed by atoms with van der Waals surface area (Å²) in [5.41, 5.74) is 4.20. The van der Waals surface area contributed by atoms with E-state index >= 15 is 0 Å². The fourth-order valence-electron chi connectivity index (χ4n) is 3.11. The van der Waals surface area contributed by atoms with Crippen molar-refractivity contribution < 1.29 is 14.5 Å². The van der Waals surface area contributed by atoms with E-state index in [4.69, 9.17) is 4.74 Å². The number of aromatic amines is 1. The number of ether oxygens (including phenoxy) is 1. The molecule has 0 bridgehead atoms. The molecule has 30 heavy (non-hydrogen) atoms. The van der Waals surface area contributed by atoms with E-state index in [0.717, 1.165) is 28.0 Å². The maximum Gasteiger partial charge on any atom is 0.269 e. The summed E-state index contributed by atoms with van der Waals surface area (Å²) in [7, 11) is 0. The van der Waals surface area contributed by atoms with Crippen LogP contribution < -0.4 is 10.1 Å². The van der Waals surface area contributed by atoms with Gasteiger partial charge in [0.15, 0.2) is 6.61 Å². The number of amides is 1. The molecule has 2 N–H and O–H groups in total. The number of non-ortho nitro benzene ring substituents is 1. The molecule has 4 rings (SSSR count). The maximum absolute atomic E-state index is 12.3. The summed E-state index contributed by atoms with van der Waals surface area (Å²) >= 11 is 0. The Hall–Kier alpha value is -4.20. The Kier molecular flexibility index (Phi) is 5.13. The molecule has 8 nitrogen and oxygen atoms in total. The van der Waals surface area contributed by atoms with Crippen LogP contribution in [0.5, 0.6) is 5.75 Å². The van der Waals surface area contributed by atoms with Gasteiger partial charge in [0.25, 0.3) is 11.6 Å². The molecule has 1 aromatic heterocycles. The summed E-state index contributed by atoms with van der Waals surface area (Å²) in [6.07, 6.45) is 0. The highest BCUT2D eigenvalue weighted by Gasteiger charge is 2.13. The number of imidazole rings is 1. The summed E-state index contributed by atoms with van der Waals surface area (Å²) in [4.78, 5) is 30.4. The van der Waals surface area contributed by atoms with Gasteiger partial charge in [-0.2, -0.15) is 0 Å². The third-order valence-electron chi connectivity index (χ3n) is 4.67. The van der Waals surface area contributed by atoms with Gasteiger partial charge in [-0.3, -0.25) is 14.9 Å². The predicted octanol–water partition coefficient (Wildman–Crippen LogP) is 4.46. The van der Waals surface area contributed by atoms with Crippen molar-refractivity contribution in [1.29, 1.82) is 0 Å². The summed E-state index contributed by atoms with van der Waals surface area (Å²) < 4.78 is 5.42. The molecule has 8 heteroatoms. The summed E-state index contributed by atoms with van der Waals surface area (Å²) in [6.45, 7) is 1.70. The van der Waals surface area contributed by atoms with Crippen LogP contribution in [0.25, 0.3) is 22.4 Å². The van der Waals surface area contributed by atoms with Gasteiger partial charge in [-0.15, -0.1) is 0 Å². The van der Waals surface area contributed by atoms with E-state index < -0.39 is 4.92 Å². The largest absolute Gasteiger partial charge is 0.484 e. The molecule has 0 unspecified atom stereocenters. The molecule has 0 saturated carbocycles. The topological polar surface area (TPSA) is 110 Å². The number of fused-ring (bicyclic) bond motifs is 1. The lowest BCUT2D eigenvalue weighted by Gasteiger charge is -2.12. The van der Waals surface area contributed by atoms with Crippen molar-refractivity contribution in [2.45, 2.75) is 6.92 Å². The van der Waals surface area contributed by atoms with Crippen LogP contribution in [0.4, 0.5) is 11.4 Å². The van der Waals surface area contributed by atoms with Crippen LogP contribution >= 0.6 is 0 Å². The molecule has 0 atom stereocenters. The van der Waals surface area contributed by atoms with Crippen molar-refractivity contribution in [1.82, 2.24) is 9.97 Å². The number of benzene rings is 3. The number of hydrogen-bond donors (Lipinski definition) is 2. The highest BCUT2D eigenvalue weighted by molar-refractivity contribution is 5.94. The quantitative estimate of drug-likeness (QED) is 0.365. The fraction of sp³-hybridized carbons (Fsp3) is 0.0909. The van der Waals surface area contributed by atoms with Gasteiger partial charge < -0.3 is 15.0 Å². The van der Waals surface area contributed by atoms with Gasteiger partial charge in [-0.1, -0.05) is 24.3 Å². The minimum atomic E-state index is -0.492. The first kappa shape index (κ1) is 19.1. The fourth-order valence-corrected chi connectivity index (χ4v) is 3.11. The van der Waals surface area contributed by atoms with E-state index in [9.17, 15) is 14.9 Å². The third-order valence-corrected chi connectivity index (χ3v) is 4.67. The Morgan fingerprint density at radius 2 is 1.87 bits per heavy atom. The minimum Gasteiger partial charge on any atom is -0.484 e. The molecule has 0 radical (unpaired) electrons. The van der Waals surface area contributed by atoms with Gasteiger partial charge in [-0.05, 0) is 42.8 Å². The Balaban J connectivity index is 1.46. The lowest BCUT2D eigenvalue weighted by Crippen LogP contribution is -2.20. The SMILES string of the molecule is Cc1c(NC(=O)COc2ccc([N+](=O)[O-])cc2)cccc1-c1nc2ccccc2[nH]1. The Bertz CT molecular complexity index is 1200. The van der Waals surface area contributed by atoms with Crippen LogP contribution in [-0.2, 0) is 4.79 Å². The molecule has 0 aliphatic heterocycles. The first-order chi connectivity index (χ1) is 14.5. The maximum atomic E-state index is 12.3. The summed E-state index contributed by atoms with van der Waals surface area (Å²) in [5.74, 6) is 0.772. The number of nitro groups is 1. The van der Waals surface area contributed by atoms with Crippen LogP contribution in [0.3, 0.4) is 0 Å². The average Bonchev–Trinajstić information content (AvgIpc) is 3.18. The second-order valence-corrected chi connectivity index (χ2v) is 6.67. The van der Waals surface area contributed by atoms with Crippen molar-refractivity contribution in [3.05, 3.63) is 82.4 Å².